The van der Waals surface area contributed by atoms with Crippen molar-refractivity contribution >= 4 is 23.2 Å². The highest BCUT2D eigenvalue weighted by Crippen LogP contribution is 1.94. The van der Waals surface area contributed by atoms with Crippen molar-refractivity contribution in [2.45, 2.75) is 0 Å². The Labute approximate surface area is 75.2 Å². The van der Waals surface area contributed by atoms with E-state index in [0.29, 0.717) is 5.69 Å². The van der Waals surface area contributed by atoms with Crippen LogP contribution in [0.1, 0.15) is 10.5 Å². The van der Waals surface area contributed by atoms with Crippen LogP contribution >= 0.6 is 12.2 Å². The van der Waals surface area contributed by atoms with Crippen molar-refractivity contribution in [3.63, 3.8) is 0 Å². The second-order valence-corrected chi connectivity index (χ2v) is 2.23. The smallest absolute Gasteiger partial charge is 0.203 e. The van der Waals surface area contributed by atoms with Crippen LogP contribution in [-0.2, 0) is 0 Å². The average Bonchev–Trinajstić information content (AvgIpc) is 2.15. The molecule has 0 aliphatic heterocycles. The van der Waals surface area contributed by atoms with Crippen molar-refractivity contribution in [2.75, 3.05) is 6.54 Å². The monoisotopic (exact) mass is 178 g/mol. The van der Waals surface area contributed by atoms with Crippen molar-refractivity contribution in [3.05, 3.63) is 30.1 Å². The first-order valence-electron chi connectivity index (χ1n) is 3.32. The number of hydrogen-bond acceptors (Lipinski definition) is 4. The zero-order valence-corrected chi connectivity index (χ0v) is 7.04. The van der Waals surface area contributed by atoms with E-state index in [1.165, 1.54) is 0 Å². The highest BCUT2D eigenvalue weighted by Gasteiger charge is 2.03. The van der Waals surface area contributed by atoms with E-state index in [2.05, 4.69) is 27.4 Å². The maximum Gasteiger partial charge on any atom is 0.203 e. The predicted octanol–water partition coefficient (Wildman–Crippen LogP) is 1.37. The first kappa shape index (κ1) is 8.71. The summed E-state index contributed by atoms with van der Waals surface area (Å²) in [5.74, 6) is -0.145. The van der Waals surface area contributed by atoms with Crippen LogP contribution in [-0.4, -0.2) is 22.5 Å². The number of pyridine rings is 1. The predicted molar refractivity (Wildman–Crippen MR) is 48.5 cm³/mol. The lowest BCUT2D eigenvalue weighted by Crippen LogP contribution is -2.04. The molecule has 60 valence electrons. The van der Waals surface area contributed by atoms with Crippen LogP contribution < -0.4 is 0 Å². The normalized spacial score (nSPS) is 8.67. The van der Waals surface area contributed by atoms with Crippen molar-refractivity contribution in [1.82, 2.24) is 4.98 Å². The summed E-state index contributed by atoms with van der Waals surface area (Å²) in [6.45, 7) is 0.0283. The SMILES string of the molecule is O=C(CN=C=S)c1ccccn1. The van der Waals surface area contributed by atoms with Gasteiger partial charge in [-0.15, -0.1) is 0 Å². The number of ketones is 1. The van der Waals surface area contributed by atoms with E-state index < -0.39 is 0 Å². The molecule has 3 nitrogen and oxygen atoms in total. The van der Waals surface area contributed by atoms with Gasteiger partial charge in [0.05, 0.1) is 5.16 Å². The third kappa shape index (κ3) is 2.34. The molecule has 1 rings (SSSR count). The molecule has 1 aromatic rings. The fourth-order valence-corrected chi connectivity index (χ4v) is 0.777. The minimum atomic E-state index is -0.145. The number of rotatable bonds is 3. The van der Waals surface area contributed by atoms with Crippen LogP contribution in [0.25, 0.3) is 0 Å². The van der Waals surface area contributed by atoms with E-state index in [9.17, 15) is 4.79 Å². The standard InChI is InChI=1S/C8H6N2OS/c11-8(5-9-6-12)7-3-1-2-4-10-7/h1-4H,5H2. The Morgan fingerprint density at radius 1 is 1.67 bits per heavy atom. The molecule has 0 aromatic carbocycles. The van der Waals surface area contributed by atoms with Gasteiger partial charge in [0.1, 0.15) is 12.2 Å². The molecule has 0 radical (unpaired) electrons. The van der Waals surface area contributed by atoms with Gasteiger partial charge in [-0.3, -0.25) is 9.78 Å². The van der Waals surface area contributed by atoms with Crippen molar-refractivity contribution in [2.24, 2.45) is 4.99 Å². The lowest BCUT2D eigenvalue weighted by Gasteiger charge is -1.92. The number of thiocarbonyl (C=S) groups is 1. The summed E-state index contributed by atoms with van der Waals surface area (Å²) in [4.78, 5) is 18.5. The summed E-state index contributed by atoms with van der Waals surface area (Å²) in [5.41, 5.74) is 0.409. The van der Waals surface area contributed by atoms with E-state index in [4.69, 9.17) is 0 Å². The molecular formula is C8H6N2OS. The minimum absolute atomic E-state index is 0.0283. The van der Waals surface area contributed by atoms with E-state index in [0.717, 1.165) is 0 Å². The van der Waals surface area contributed by atoms with Gasteiger partial charge >= 0.3 is 0 Å². The fraction of sp³-hybridized carbons (Fsp3) is 0.125. The van der Waals surface area contributed by atoms with Gasteiger partial charge in [0.15, 0.2) is 0 Å². The van der Waals surface area contributed by atoms with Crippen LogP contribution in [0.3, 0.4) is 0 Å². The number of carbonyl (C=O) groups is 1. The molecule has 12 heavy (non-hydrogen) atoms. The average molecular weight is 178 g/mol. The molecule has 0 atom stereocenters. The number of aliphatic imine (C=N–C) groups is 1. The quantitative estimate of drug-likeness (QED) is 0.399. The van der Waals surface area contributed by atoms with Gasteiger partial charge in [-0.25, -0.2) is 4.99 Å². The molecule has 0 aliphatic rings. The van der Waals surface area contributed by atoms with Gasteiger partial charge in [-0.05, 0) is 24.4 Å². The molecule has 0 bridgehead atoms. The summed E-state index contributed by atoms with van der Waals surface area (Å²) < 4.78 is 0. The Bertz CT molecular complexity index is 317. The third-order valence-electron chi connectivity index (χ3n) is 1.24. The highest BCUT2D eigenvalue weighted by atomic mass is 32.1. The molecule has 1 heterocycles. The molecular weight excluding hydrogens is 172 g/mol. The van der Waals surface area contributed by atoms with Gasteiger partial charge in [0.2, 0.25) is 5.78 Å². The molecule has 0 saturated heterocycles. The molecule has 0 fully saturated rings. The Hall–Kier alpha value is -1.38. The van der Waals surface area contributed by atoms with Crippen LogP contribution in [0.5, 0.6) is 0 Å². The van der Waals surface area contributed by atoms with Crippen LogP contribution in [0.15, 0.2) is 29.4 Å². The fourth-order valence-electron chi connectivity index (χ4n) is 0.713. The molecule has 0 aliphatic carbocycles. The number of carbonyl (C=O) groups excluding carboxylic acids is 1. The number of nitrogens with zero attached hydrogens (tertiary/aromatic N) is 2. The van der Waals surface area contributed by atoms with Crippen molar-refractivity contribution in [3.8, 4) is 0 Å². The van der Waals surface area contributed by atoms with E-state index in [1.807, 2.05) is 0 Å². The van der Waals surface area contributed by atoms with Gasteiger partial charge in [0, 0.05) is 6.20 Å². The molecule has 0 N–H and O–H groups in total. The van der Waals surface area contributed by atoms with Crippen LogP contribution in [0.4, 0.5) is 0 Å². The largest absolute Gasteiger partial charge is 0.290 e. The molecule has 1 aromatic heterocycles. The van der Waals surface area contributed by atoms with Gasteiger partial charge in [-0.1, -0.05) is 6.07 Å². The Balaban J connectivity index is 2.72. The highest BCUT2D eigenvalue weighted by molar-refractivity contribution is 7.78. The maximum atomic E-state index is 11.2. The first-order valence-corrected chi connectivity index (χ1v) is 3.73. The molecule has 0 unspecified atom stereocenters. The molecule has 0 spiro atoms. The Kier molecular flexibility index (Phi) is 3.26. The van der Waals surface area contributed by atoms with E-state index in [-0.39, 0.29) is 12.3 Å². The summed E-state index contributed by atoms with van der Waals surface area (Å²) in [6, 6.07) is 5.14. The van der Waals surface area contributed by atoms with Crippen LogP contribution in [0.2, 0.25) is 0 Å². The lowest BCUT2D eigenvalue weighted by molar-refractivity contribution is 0.0997. The number of Topliss-reactive ketones (excluding diaryl/α,β-unsaturated/α-hetero) is 1. The van der Waals surface area contributed by atoms with Crippen LogP contribution in [0, 0.1) is 0 Å². The summed E-state index contributed by atoms with van der Waals surface area (Å²) in [5, 5.41) is 2.13. The van der Waals surface area contributed by atoms with Crippen molar-refractivity contribution in [1.29, 1.82) is 0 Å². The summed E-state index contributed by atoms with van der Waals surface area (Å²) in [6.07, 6.45) is 1.56. The maximum absolute atomic E-state index is 11.2. The van der Waals surface area contributed by atoms with Gasteiger partial charge in [0.25, 0.3) is 0 Å². The number of hydrogen-bond donors (Lipinski definition) is 0. The second kappa shape index (κ2) is 4.49. The Morgan fingerprint density at radius 2 is 2.50 bits per heavy atom. The lowest BCUT2D eigenvalue weighted by atomic mass is 10.2. The molecule has 4 heteroatoms. The first-order chi connectivity index (χ1) is 5.84. The van der Waals surface area contributed by atoms with Gasteiger partial charge in [-0.2, -0.15) is 0 Å². The Morgan fingerprint density at radius 3 is 3.08 bits per heavy atom. The van der Waals surface area contributed by atoms with E-state index >= 15 is 0 Å². The van der Waals surface area contributed by atoms with Crippen molar-refractivity contribution < 1.29 is 4.79 Å². The zero-order valence-electron chi connectivity index (χ0n) is 6.23. The summed E-state index contributed by atoms with van der Waals surface area (Å²) in [7, 11) is 0. The topological polar surface area (TPSA) is 42.3 Å². The number of aromatic nitrogens is 1. The number of isothiocyanates is 1. The van der Waals surface area contributed by atoms with Gasteiger partial charge < -0.3 is 0 Å². The second-order valence-electron chi connectivity index (χ2n) is 2.05. The molecule has 0 saturated carbocycles. The zero-order chi connectivity index (χ0) is 8.81. The van der Waals surface area contributed by atoms with E-state index in [1.54, 1.807) is 24.4 Å². The molecule has 0 amide bonds. The third-order valence-corrected chi connectivity index (χ3v) is 1.37. The summed E-state index contributed by atoms with van der Waals surface area (Å²) >= 11 is 4.33. The minimum Gasteiger partial charge on any atom is -0.290 e.